The van der Waals surface area contributed by atoms with Crippen LogP contribution < -0.4 is 10.1 Å². The van der Waals surface area contributed by atoms with Crippen LogP contribution in [0.1, 0.15) is 5.69 Å². The Morgan fingerprint density at radius 1 is 1.43 bits per heavy atom. The van der Waals surface area contributed by atoms with E-state index in [-0.39, 0.29) is 22.5 Å². The molecule has 0 saturated heterocycles. The summed E-state index contributed by atoms with van der Waals surface area (Å²) in [6.45, 7) is 1.50. The number of nitro groups is 1. The van der Waals surface area contributed by atoms with Crippen LogP contribution in [0.4, 0.5) is 17.2 Å². The van der Waals surface area contributed by atoms with E-state index in [1.807, 2.05) is 0 Å². The molecule has 1 N–H and O–H groups in total. The Morgan fingerprint density at radius 2 is 2.14 bits per heavy atom. The predicted molar refractivity (Wildman–Crippen MR) is 82.4 cm³/mol. The van der Waals surface area contributed by atoms with Gasteiger partial charge in [-0.2, -0.15) is 4.98 Å². The van der Waals surface area contributed by atoms with Gasteiger partial charge in [0.05, 0.1) is 16.5 Å². The molecule has 0 amide bonds. The Hall–Kier alpha value is -1.93. The van der Waals surface area contributed by atoms with E-state index in [9.17, 15) is 10.1 Å². The number of benzene rings is 1. The smallest absolute Gasteiger partial charge is 0.332 e. The topological polar surface area (TPSA) is 90.2 Å². The number of ether oxygens (including phenoxy) is 1. The molecule has 0 bridgehead atoms. The number of methoxy groups -OCH3 is 1. The van der Waals surface area contributed by atoms with Crippen molar-refractivity contribution in [2.75, 3.05) is 12.4 Å². The molecule has 9 heteroatoms. The van der Waals surface area contributed by atoms with E-state index in [0.29, 0.717) is 15.9 Å². The van der Waals surface area contributed by atoms with Crippen molar-refractivity contribution in [1.82, 2.24) is 9.97 Å². The third-order valence-corrected chi connectivity index (χ3v) is 3.42. The Morgan fingerprint density at radius 3 is 2.71 bits per heavy atom. The highest BCUT2D eigenvalue weighted by atomic mass is 79.9. The maximum Gasteiger partial charge on any atom is 0.332 e. The van der Waals surface area contributed by atoms with Crippen molar-refractivity contribution in [3.63, 3.8) is 0 Å². The predicted octanol–water partition coefficient (Wildman–Crippen LogP) is 3.86. The van der Waals surface area contributed by atoms with Gasteiger partial charge in [0.25, 0.3) is 0 Å². The van der Waals surface area contributed by atoms with Crippen LogP contribution >= 0.6 is 27.5 Å². The van der Waals surface area contributed by atoms with Crippen molar-refractivity contribution in [3.05, 3.63) is 43.8 Å². The molecule has 2 aromatic rings. The highest BCUT2D eigenvalue weighted by Gasteiger charge is 2.22. The zero-order chi connectivity index (χ0) is 15.6. The van der Waals surface area contributed by atoms with Crippen LogP contribution in [0.5, 0.6) is 5.75 Å². The first-order chi connectivity index (χ1) is 9.92. The standard InChI is InChI=1S/C12H10BrClN4O3/c1-6-10(18(19)20)11(17-12(14)15-6)16-7-3-4-9(21-2)8(13)5-7/h3-5H,1-2H3,(H,15,16,17). The van der Waals surface area contributed by atoms with Gasteiger partial charge in [-0.05, 0) is 52.7 Å². The van der Waals surface area contributed by atoms with Crippen molar-refractivity contribution in [1.29, 1.82) is 0 Å². The first-order valence-corrected chi connectivity index (χ1v) is 6.88. The van der Waals surface area contributed by atoms with Crippen molar-refractivity contribution < 1.29 is 9.66 Å². The Labute approximate surface area is 133 Å². The normalized spacial score (nSPS) is 10.3. The molecule has 1 heterocycles. The summed E-state index contributed by atoms with van der Waals surface area (Å²) in [7, 11) is 1.55. The van der Waals surface area contributed by atoms with Crippen LogP contribution in [0, 0.1) is 17.0 Å². The Bertz CT molecular complexity index is 711. The number of aromatic nitrogens is 2. The van der Waals surface area contributed by atoms with E-state index in [1.165, 1.54) is 6.92 Å². The third kappa shape index (κ3) is 3.40. The van der Waals surface area contributed by atoms with Gasteiger partial charge in [0, 0.05) is 5.69 Å². The molecule has 1 aromatic heterocycles. The maximum atomic E-state index is 11.1. The summed E-state index contributed by atoms with van der Waals surface area (Å²) < 4.78 is 5.82. The number of anilines is 2. The van der Waals surface area contributed by atoms with Crippen LogP contribution in [0.25, 0.3) is 0 Å². The minimum atomic E-state index is -0.549. The van der Waals surface area contributed by atoms with E-state index >= 15 is 0 Å². The Balaban J connectivity index is 2.44. The minimum absolute atomic E-state index is 0.0366. The summed E-state index contributed by atoms with van der Waals surface area (Å²) in [5.41, 5.74) is 0.571. The summed E-state index contributed by atoms with van der Waals surface area (Å²) in [6, 6.07) is 5.14. The van der Waals surface area contributed by atoms with Gasteiger partial charge >= 0.3 is 5.69 Å². The molecular formula is C12H10BrClN4O3. The molecule has 21 heavy (non-hydrogen) atoms. The molecule has 0 aliphatic heterocycles. The second kappa shape index (κ2) is 6.23. The van der Waals surface area contributed by atoms with Gasteiger partial charge in [-0.25, -0.2) is 4.98 Å². The summed E-state index contributed by atoms with van der Waals surface area (Å²) in [5, 5.41) is 13.9. The molecule has 1 aromatic carbocycles. The van der Waals surface area contributed by atoms with Gasteiger partial charge < -0.3 is 10.1 Å². The molecule has 0 fully saturated rings. The molecule has 0 radical (unpaired) electrons. The van der Waals surface area contributed by atoms with Crippen molar-refractivity contribution in [2.24, 2.45) is 0 Å². The second-order valence-corrected chi connectivity index (χ2v) is 5.20. The molecule has 0 spiro atoms. The molecule has 0 unspecified atom stereocenters. The zero-order valence-corrected chi connectivity index (χ0v) is 13.4. The summed E-state index contributed by atoms with van der Waals surface area (Å²) in [5.74, 6) is 0.682. The third-order valence-electron chi connectivity index (χ3n) is 2.63. The second-order valence-electron chi connectivity index (χ2n) is 4.01. The number of nitrogens with one attached hydrogen (secondary N) is 1. The fourth-order valence-electron chi connectivity index (χ4n) is 1.72. The first kappa shape index (κ1) is 15.5. The van der Waals surface area contributed by atoms with Crippen LogP contribution in [0.15, 0.2) is 22.7 Å². The van der Waals surface area contributed by atoms with Crippen LogP contribution in [-0.4, -0.2) is 22.0 Å². The quantitative estimate of drug-likeness (QED) is 0.497. The maximum absolute atomic E-state index is 11.1. The van der Waals surface area contributed by atoms with Crippen LogP contribution in [-0.2, 0) is 0 Å². The number of hydrogen-bond acceptors (Lipinski definition) is 6. The number of halogens is 2. The van der Waals surface area contributed by atoms with E-state index < -0.39 is 4.92 Å². The van der Waals surface area contributed by atoms with Gasteiger partial charge in [-0.15, -0.1) is 0 Å². The summed E-state index contributed by atoms with van der Waals surface area (Å²) in [4.78, 5) is 18.2. The summed E-state index contributed by atoms with van der Waals surface area (Å²) >= 11 is 9.10. The first-order valence-electron chi connectivity index (χ1n) is 5.71. The molecule has 0 atom stereocenters. The van der Waals surface area contributed by atoms with Gasteiger partial charge in [0.2, 0.25) is 11.1 Å². The van der Waals surface area contributed by atoms with E-state index in [4.69, 9.17) is 16.3 Å². The molecule has 7 nitrogen and oxygen atoms in total. The molecule has 0 aliphatic rings. The minimum Gasteiger partial charge on any atom is -0.496 e. The SMILES string of the molecule is COc1ccc(Nc2nc(Cl)nc(C)c2[N+](=O)[O-])cc1Br. The zero-order valence-electron chi connectivity index (χ0n) is 11.1. The highest BCUT2D eigenvalue weighted by Crippen LogP contribution is 2.32. The molecule has 110 valence electrons. The average molecular weight is 374 g/mol. The highest BCUT2D eigenvalue weighted by molar-refractivity contribution is 9.10. The Kier molecular flexibility index (Phi) is 4.59. The van der Waals surface area contributed by atoms with E-state index in [1.54, 1.807) is 25.3 Å². The lowest BCUT2D eigenvalue weighted by Gasteiger charge is -2.09. The van der Waals surface area contributed by atoms with E-state index in [2.05, 4.69) is 31.2 Å². The van der Waals surface area contributed by atoms with Gasteiger partial charge in [-0.3, -0.25) is 10.1 Å². The number of hydrogen-bond donors (Lipinski definition) is 1. The molecule has 0 aliphatic carbocycles. The number of rotatable bonds is 4. The monoisotopic (exact) mass is 372 g/mol. The van der Waals surface area contributed by atoms with Crippen molar-refractivity contribution in [3.8, 4) is 5.75 Å². The molecule has 2 rings (SSSR count). The fraction of sp³-hybridized carbons (Fsp3) is 0.167. The largest absolute Gasteiger partial charge is 0.496 e. The lowest BCUT2D eigenvalue weighted by atomic mass is 10.3. The lowest BCUT2D eigenvalue weighted by molar-refractivity contribution is -0.385. The number of nitrogens with zero attached hydrogens (tertiary/aromatic N) is 3. The lowest BCUT2D eigenvalue weighted by Crippen LogP contribution is -2.04. The van der Waals surface area contributed by atoms with Gasteiger partial charge in [0.1, 0.15) is 11.4 Å². The van der Waals surface area contributed by atoms with Crippen LogP contribution in [0.3, 0.4) is 0 Å². The summed E-state index contributed by atoms with van der Waals surface area (Å²) in [6.07, 6.45) is 0. The molecule has 0 saturated carbocycles. The van der Waals surface area contributed by atoms with Crippen molar-refractivity contribution >= 4 is 44.7 Å². The fourth-order valence-corrected chi connectivity index (χ4v) is 2.47. The van der Waals surface area contributed by atoms with Crippen LogP contribution in [0.2, 0.25) is 5.28 Å². The van der Waals surface area contributed by atoms with E-state index in [0.717, 1.165) is 0 Å². The number of aryl methyl sites for hydroxylation is 1. The molecular weight excluding hydrogens is 364 g/mol. The van der Waals surface area contributed by atoms with Gasteiger partial charge in [0.15, 0.2) is 0 Å². The average Bonchev–Trinajstić information content (AvgIpc) is 2.37. The van der Waals surface area contributed by atoms with Gasteiger partial charge in [-0.1, -0.05) is 0 Å². The van der Waals surface area contributed by atoms with Crippen molar-refractivity contribution in [2.45, 2.75) is 6.92 Å².